The molecule has 0 unspecified atom stereocenters. The van der Waals surface area contributed by atoms with Gasteiger partial charge in [-0.25, -0.2) is 9.78 Å². The minimum atomic E-state index is -0.512. The summed E-state index contributed by atoms with van der Waals surface area (Å²) in [5.41, 5.74) is 1.46. The van der Waals surface area contributed by atoms with Gasteiger partial charge in [0.2, 0.25) is 5.88 Å². The highest BCUT2D eigenvalue weighted by molar-refractivity contribution is 9.08. The van der Waals surface area contributed by atoms with Crippen molar-refractivity contribution in [3.8, 4) is 28.8 Å². The molecule has 0 aliphatic rings. The van der Waals surface area contributed by atoms with Crippen LogP contribution < -0.4 is 19.8 Å². The van der Waals surface area contributed by atoms with Crippen LogP contribution in [0, 0.1) is 0 Å². The molecule has 0 radical (unpaired) electrons. The summed E-state index contributed by atoms with van der Waals surface area (Å²) in [6.45, 7) is 4.00. The van der Waals surface area contributed by atoms with Gasteiger partial charge in [-0.15, -0.1) is 0 Å². The molecule has 1 aromatic carbocycles. The van der Waals surface area contributed by atoms with Crippen LogP contribution >= 0.6 is 15.9 Å². The second kappa shape index (κ2) is 9.36. The molecule has 3 aromatic rings. The molecule has 144 valence electrons. The van der Waals surface area contributed by atoms with Crippen LogP contribution in [0.4, 0.5) is 0 Å². The molecule has 2 aromatic heterocycles. The molecule has 3 rings (SSSR count). The molecule has 27 heavy (non-hydrogen) atoms. The number of ether oxygens (including phenoxy) is 3. The van der Waals surface area contributed by atoms with Crippen LogP contribution in [0.1, 0.15) is 19.4 Å². The van der Waals surface area contributed by atoms with E-state index in [4.69, 9.17) is 18.6 Å². The summed E-state index contributed by atoms with van der Waals surface area (Å²) in [6.07, 6.45) is 1.48. The smallest absolute Gasteiger partial charge is 0.344 e. The van der Waals surface area contributed by atoms with Crippen molar-refractivity contribution in [2.75, 3.05) is 21.3 Å². The third-order valence-corrected chi connectivity index (χ3v) is 4.29. The van der Waals surface area contributed by atoms with Gasteiger partial charge in [-0.05, 0) is 17.7 Å². The molecular formula is C19H21BrN2O5. The number of fused-ring (bicyclic) bond motifs is 1. The van der Waals surface area contributed by atoms with Gasteiger partial charge < -0.3 is 18.6 Å². The number of hydrogen-bond donors (Lipinski definition) is 0. The fourth-order valence-corrected chi connectivity index (χ4v) is 3.14. The summed E-state index contributed by atoms with van der Waals surface area (Å²) in [7, 11) is 4.47. The topological polar surface area (TPSA) is 83.7 Å². The van der Waals surface area contributed by atoms with Crippen molar-refractivity contribution in [2.24, 2.45) is 0 Å². The number of methoxy groups -OCH3 is 3. The van der Waals surface area contributed by atoms with Crippen molar-refractivity contribution >= 4 is 26.9 Å². The predicted octanol–water partition coefficient (Wildman–Crippen LogP) is 4.20. The van der Waals surface area contributed by atoms with Gasteiger partial charge in [0.25, 0.3) is 0 Å². The van der Waals surface area contributed by atoms with E-state index in [1.54, 1.807) is 19.2 Å². The maximum atomic E-state index is 12.7. The molecule has 0 bridgehead atoms. The quantitative estimate of drug-likeness (QED) is 0.437. The average molecular weight is 437 g/mol. The van der Waals surface area contributed by atoms with Crippen LogP contribution in [-0.4, -0.2) is 31.3 Å². The Kier molecular flexibility index (Phi) is 7.18. The molecular weight excluding hydrogens is 416 g/mol. The van der Waals surface area contributed by atoms with Gasteiger partial charge in [-0.1, -0.05) is 29.8 Å². The van der Waals surface area contributed by atoms with E-state index in [0.29, 0.717) is 27.8 Å². The lowest BCUT2D eigenvalue weighted by molar-refractivity contribution is 0.353. The van der Waals surface area contributed by atoms with E-state index in [9.17, 15) is 4.79 Å². The zero-order chi connectivity index (χ0) is 20.0. The molecule has 0 amide bonds. The van der Waals surface area contributed by atoms with E-state index in [1.807, 2.05) is 19.9 Å². The molecule has 0 saturated carbocycles. The third-order valence-electron chi connectivity index (χ3n) is 3.73. The number of nitrogens with zero attached hydrogens (tertiary/aromatic N) is 2. The highest BCUT2D eigenvalue weighted by atomic mass is 79.9. The summed E-state index contributed by atoms with van der Waals surface area (Å²) in [6, 6.07) is 5.47. The van der Waals surface area contributed by atoms with Gasteiger partial charge in [0.15, 0.2) is 0 Å². The molecule has 7 nitrogen and oxygen atoms in total. The number of halogens is 1. The van der Waals surface area contributed by atoms with E-state index < -0.39 is 5.63 Å². The lowest BCUT2D eigenvalue weighted by Crippen LogP contribution is -2.09. The van der Waals surface area contributed by atoms with Crippen LogP contribution in [0.3, 0.4) is 0 Å². The first-order valence-electron chi connectivity index (χ1n) is 8.28. The SMILES string of the molecule is CC.COc1ccc2c(CBr)c(-c3cnc(OC)nc3OC)c(=O)oc2c1. The number of alkyl halides is 1. The number of benzene rings is 1. The van der Waals surface area contributed by atoms with Crippen molar-refractivity contribution < 1.29 is 18.6 Å². The highest BCUT2D eigenvalue weighted by Crippen LogP contribution is 2.34. The molecule has 0 aliphatic carbocycles. The van der Waals surface area contributed by atoms with Gasteiger partial charge in [0, 0.05) is 23.0 Å². The van der Waals surface area contributed by atoms with E-state index in [1.165, 1.54) is 20.4 Å². The molecule has 0 N–H and O–H groups in total. The largest absolute Gasteiger partial charge is 0.497 e. The van der Waals surface area contributed by atoms with Crippen molar-refractivity contribution in [1.82, 2.24) is 9.97 Å². The Morgan fingerprint density at radius 1 is 1.11 bits per heavy atom. The summed E-state index contributed by atoms with van der Waals surface area (Å²) in [5.74, 6) is 0.837. The Morgan fingerprint density at radius 2 is 1.85 bits per heavy atom. The fraction of sp³-hybridized carbons (Fsp3) is 0.316. The summed E-state index contributed by atoms with van der Waals surface area (Å²) in [4.78, 5) is 20.9. The lowest BCUT2D eigenvalue weighted by Gasteiger charge is -2.12. The second-order valence-corrected chi connectivity index (χ2v) is 5.58. The second-order valence-electron chi connectivity index (χ2n) is 5.02. The molecule has 2 heterocycles. The molecule has 0 aliphatic heterocycles. The Morgan fingerprint density at radius 3 is 2.44 bits per heavy atom. The molecule has 0 saturated heterocycles. The van der Waals surface area contributed by atoms with Crippen LogP contribution in [0.5, 0.6) is 17.6 Å². The van der Waals surface area contributed by atoms with Crippen molar-refractivity contribution in [2.45, 2.75) is 19.2 Å². The average Bonchev–Trinajstić information content (AvgIpc) is 2.73. The highest BCUT2D eigenvalue weighted by Gasteiger charge is 2.21. The maximum Gasteiger partial charge on any atom is 0.344 e. The Labute approximate surface area is 165 Å². The predicted molar refractivity (Wildman–Crippen MR) is 107 cm³/mol. The van der Waals surface area contributed by atoms with Crippen LogP contribution in [-0.2, 0) is 5.33 Å². The zero-order valence-electron chi connectivity index (χ0n) is 15.8. The Balaban J connectivity index is 0.00000126. The minimum Gasteiger partial charge on any atom is -0.497 e. The third kappa shape index (κ3) is 4.05. The summed E-state index contributed by atoms with van der Waals surface area (Å²) >= 11 is 3.45. The van der Waals surface area contributed by atoms with Crippen molar-refractivity contribution in [3.63, 3.8) is 0 Å². The number of rotatable bonds is 5. The molecule has 0 fully saturated rings. The fourth-order valence-electron chi connectivity index (χ4n) is 2.56. The van der Waals surface area contributed by atoms with Gasteiger partial charge >= 0.3 is 11.6 Å². The standard InChI is InChI=1S/C17H15BrN2O5.C2H6/c1-22-9-4-5-10-11(7-18)14(16(21)25-13(10)6-9)12-8-19-17(24-3)20-15(12)23-2;1-2/h4-6,8H,7H2,1-3H3;1-2H3. The first-order valence-corrected chi connectivity index (χ1v) is 9.40. The van der Waals surface area contributed by atoms with Crippen LogP contribution in [0.15, 0.2) is 33.6 Å². The molecule has 8 heteroatoms. The first kappa shape index (κ1) is 20.7. The van der Waals surface area contributed by atoms with E-state index in [-0.39, 0.29) is 11.9 Å². The van der Waals surface area contributed by atoms with Gasteiger partial charge in [0.1, 0.15) is 11.3 Å². The van der Waals surface area contributed by atoms with E-state index in [0.717, 1.165) is 10.9 Å². The molecule has 0 atom stereocenters. The van der Waals surface area contributed by atoms with E-state index >= 15 is 0 Å². The monoisotopic (exact) mass is 436 g/mol. The summed E-state index contributed by atoms with van der Waals surface area (Å²) < 4.78 is 21.0. The lowest BCUT2D eigenvalue weighted by atomic mass is 10.0. The number of aromatic nitrogens is 2. The van der Waals surface area contributed by atoms with Gasteiger partial charge in [-0.3, -0.25) is 0 Å². The van der Waals surface area contributed by atoms with Crippen molar-refractivity contribution in [3.05, 3.63) is 40.4 Å². The van der Waals surface area contributed by atoms with Crippen LogP contribution in [0.2, 0.25) is 0 Å². The molecule has 0 spiro atoms. The van der Waals surface area contributed by atoms with Gasteiger partial charge in [-0.2, -0.15) is 4.98 Å². The number of hydrogen-bond acceptors (Lipinski definition) is 7. The summed E-state index contributed by atoms with van der Waals surface area (Å²) in [5, 5.41) is 1.22. The van der Waals surface area contributed by atoms with E-state index in [2.05, 4.69) is 25.9 Å². The Hall–Kier alpha value is -2.61. The minimum absolute atomic E-state index is 0.149. The van der Waals surface area contributed by atoms with Crippen LogP contribution in [0.25, 0.3) is 22.1 Å². The van der Waals surface area contributed by atoms with Crippen molar-refractivity contribution in [1.29, 1.82) is 0 Å². The first-order chi connectivity index (χ1) is 13.1. The maximum absolute atomic E-state index is 12.7. The Bertz CT molecular complexity index is 988. The normalized spacial score (nSPS) is 10.1. The zero-order valence-corrected chi connectivity index (χ0v) is 17.4. The van der Waals surface area contributed by atoms with Gasteiger partial charge in [0.05, 0.1) is 32.5 Å².